The molecule has 3 N–H and O–H groups in total. The second kappa shape index (κ2) is 6.35. The number of fused-ring (bicyclic) bond motifs is 1. The number of H-pyrrole nitrogens is 2. The van der Waals surface area contributed by atoms with Gasteiger partial charge in [-0.2, -0.15) is 10.2 Å². The lowest BCUT2D eigenvalue weighted by Gasteiger charge is -2.03. The lowest BCUT2D eigenvalue weighted by molar-refractivity contribution is 0.0526. The van der Waals surface area contributed by atoms with E-state index in [1.807, 2.05) is 30.5 Å². The SMILES string of the molecule is CCOC(=O)c1c(N/N=C/c2cccc3[nH]ccc23)n[nH]c1C. The van der Waals surface area contributed by atoms with Crippen LogP contribution in [0.5, 0.6) is 0 Å². The number of anilines is 1. The van der Waals surface area contributed by atoms with Crippen LogP contribution in [-0.2, 0) is 4.74 Å². The summed E-state index contributed by atoms with van der Waals surface area (Å²) < 4.78 is 5.02. The average molecular weight is 311 g/mol. The summed E-state index contributed by atoms with van der Waals surface area (Å²) in [6.07, 6.45) is 3.57. The molecule has 0 saturated heterocycles. The van der Waals surface area contributed by atoms with Crippen LogP contribution in [0.15, 0.2) is 35.6 Å². The van der Waals surface area contributed by atoms with Gasteiger partial charge in [-0.1, -0.05) is 12.1 Å². The first-order valence-corrected chi connectivity index (χ1v) is 7.28. The summed E-state index contributed by atoms with van der Waals surface area (Å²) in [7, 11) is 0. The van der Waals surface area contributed by atoms with Gasteiger partial charge in [0.05, 0.1) is 12.8 Å². The first-order valence-electron chi connectivity index (χ1n) is 7.28. The van der Waals surface area contributed by atoms with E-state index in [1.54, 1.807) is 20.1 Å². The Hall–Kier alpha value is -3.09. The first-order chi connectivity index (χ1) is 11.2. The molecule has 3 aromatic rings. The predicted octanol–water partition coefficient (Wildman–Crippen LogP) is 2.82. The van der Waals surface area contributed by atoms with Crippen LogP contribution >= 0.6 is 0 Å². The molecule has 7 heteroatoms. The highest BCUT2D eigenvalue weighted by atomic mass is 16.5. The molecular weight excluding hydrogens is 294 g/mol. The van der Waals surface area contributed by atoms with Crippen LogP contribution < -0.4 is 5.43 Å². The molecular formula is C16H17N5O2. The summed E-state index contributed by atoms with van der Waals surface area (Å²) in [6.45, 7) is 3.83. The fourth-order valence-corrected chi connectivity index (χ4v) is 2.35. The van der Waals surface area contributed by atoms with Crippen molar-refractivity contribution in [3.63, 3.8) is 0 Å². The zero-order chi connectivity index (χ0) is 16.2. The molecule has 2 aromatic heterocycles. The molecule has 0 spiro atoms. The topological polar surface area (TPSA) is 95.2 Å². The summed E-state index contributed by atoms with van der Waals surface area (Å²) in [5, 5.41) is 12.1. The molecule has 2 heterocycles. The number of esters is 1. The van der Waals surface area contributed by atoms with Gasteiger partial charge in [-0.3, -0.25) is 10.5 Å². The standard InChI is InChI=1S/C16H17N5O2/c1-3-23-16(22)14-10(2)19-21-15(14)20-18-9-11-5-4-6-13-12(11)7-8-17-13/h4-9,17H,3H2,1-2H3,(H2,19,20,21)/b18-9+. The van der Waals surface area contributed by atoms with Gasteiger partial charge in [-0.25, -0.2) is 4.79 Å². The number of benzene rings is 1. The number of hydrogen-bond donors (Lipinski definition) is 3. The summed E-state index contributed by atoms with van der Waals surface area (Å²) in [6, 6.07) is 7.89. The quantitative estimate of drug-likeness (QED) is 0.383. The number of ether oxygens (including phenoxy) is 1. The van der Waals surface area contributed by atoms with Crippen molar-refractivity contribution in [1.82, 2.24) is 15.2 Å². The van der Waals surface area contributed by atoms with Crippen molar-refractivity contribution in [3.05, 3.63) is 47.3 Å². The van der Waals surface area contributed by atoms with Crippen LogP contribution in [0.3, 0.4) is 0 Å². The monoisotopic (exact) mass is 311 g/mol. The number of carbonyl (C=O) groups is 1. The van der Waals surface area contributed by atoms with E-state index in [0.29, 0.717) is 23.7 Å². The highest BCUT2D eigenvalue weighted by Crippen LogP contribution is 2.18. The molecule has 1 aromatic carbocycles. The minimum absolute atomic E-state index is 0.307. The molecule has 0 saturated carbocycles. The van der Waals surface area contributed by atoms with Crippen molar-refractivity contribution in [2.24, 2.45) is 5.10 Å². The van der Waals surface area contributed by atoms with E-state index < -0.39 is 5.97 Å². The molecule has 0 atom stereocenters. The fraction of sp³-hybridized carbons (Fsp3) is 0.188. The second-order valence-corrected chi connectivity index (χ2v) is 4.95. The number of nitrogens with one attached hydrogen (secondary N) is 3. The number of aromatic amines is 2. The highest BCUT2D eigenvalue weighted by Gasteiger charge is 2.18. The van der Waals surface area contributed by atoms with Crippen molar-refractivity contribution in [2.45, 2.75) is 13.8 Å². The molecule has 0 fully saturated rings. The van der Waals surface area contributed by atoms with Crippen LogP contribution in [0.25, 0.3) is 10.9 Å². The number of hydrazone groups is 1. The third kappa shape index (κ3) is 2.94. The molecule has 7 nitrogen and oxygen atoms in total. The van der Waals surface area contributed by atoms with Gasteiger partial charge in [0.25, 0.3) is 0 Å². The lowest BCUT2D eigenvalue weighted by Crippen LogP contribution is -2.08. The molecule has 0 radical (unpaired) electrons. The third-order valence-corrected chi connectivity index (χ3v) is 3.43. The number of nitrogens with zero attached hydrogens (tertiary/aromatic N) is 2. The number of carbonyl (C=O) groups excluding carboxylic acids is 1. The third-order valence-electron chi connectivity index (χ3n) is 3.43. The van der Waals surface area contributed by atoms with E-state index in [1.165, 1.54) is 0 Å². The van der Waals surface area contributed by atoms with Crippen molar-refractivity contribution in [2.75, 3.05) is 12.0 Å². The molecule has 0 aliphatic heterocycles. The Balaban J connectivity index is 1.81. The maximum atomic E-state index is 11.9. The summed E-state index contributed by atoms with van der Waals surface area (Å²) in [5.74, 6) is -0.0809. The van der Waals surface area contributed by atoms with Gasteiger partial charge in [0.1, 0.15) is 5.56 Å². The number of aryl methyl sites for hydroxylation is 1. The zero-order valence-electron chi connectivity index (χ0n) is 12.9. The smallest absolute Gasteiger partial charge is 0.343 e. The Morgan fingerprint density at radius 3 is 3.13 bits per heavy atom. The van der Waals surface area contributed by atoms with Crippen LogP contribution in [0, 0.1) is 6.92 Å². The maximum absolute atomic E-state index is 11.9. The Bertz CT molecular complexity index is 862. The van der Waals surface area contributed by atoms with Crippen LogP contribution in [0.2, 0.25) is 0 Å². The Morgan fingerprint density at radius 2 is 2.30 bits per heavy atom. The zero-order valence-corrected chi connectivity index (χ0v) is 12.9. The van der Waals surface area contributed by atoms with E-state index in [2.05, 4.69) is 25.7 Å². The van der Waals surface area contributed by atoms with E-state index >= 15 is 0 Å². The fourth-order valence-electron chi connectivity index (χ4n) is 2.35. The van der Waals surface area contributed by atoms with E-state index in [-0.39, 0.29) is 0 Å². The summed E-state index contributed by atoms with van der Waals surface area (Å²) in [4.78, 5) is 15.1. The minimum atomic E-state index is -0.427. The highest BCUT2D eigenvalue weighted by molar-refractivity contribution is 5.99. The number of rotatable bonds is 5. The maximum Gasteiger partial charge on any atom is 0.343 e. The normalized spacial score (nSPS) is 11.2. The van der Waals surface area contributed by atoms with Crippen molar-refractivity contribution in [1.29, 1.82) is 0 Å². The number of aromatic nitrogens is 3. The van der Waals surface area contributed by atoms with Gasteiger partial charge < -0.3 is 9.72 Å². The molecule has 0 aliphatic rings. The van der Waals surface area contributed by atoms with Crippen molar-refractivity contribution < 1.29 is 9.53 Å². The van der Waals surface area contributed by atoms with Crippen LogP contribution in [0.4, 0.5) is 5.82 Å². The van der Waals surface area contributed by atoms with E-state index in [0.717, 1.165) is 16.5 Å². The van der Waals surface area contributed by atoms with Gasteiger partial charge in [0.15, 0.2) is 5.82 Å². The molecule has 0 amide bonds. The summed E-state index contributed by atoms with van der Waals surface area (Å²) >= 11 is 0. The Labute approximate surface area is 132 Å². The molecule has 0 aliphatic carbocycles. The minimum Gasteiger partial charge on any atom is -0.462 e. The Kier molecular flexibility index (Phi) is 4.09. The summed E-state index contributed by atoms with van der Waals surface area (Å²) in [5.41, 5.74) is 5.79. The second-order valence-electron chi connectivity index (χ2n) is 4.95. The van der Waals surface area contributed by atoms with Crippen molar-refractivity contribution >= 4 is 28.9 Å². The largest absolute Gasteiger partial charge is 0.462 e. The van der Waals surface area contributed by atoms with Gasteiger partial charge in [-0.05, 0) is 26.0 Å². The average Bonchev–Trinajstić information content (AvgIpc) is 3.15. The lowest BCUT2D eigenvalue weighted by atomic mass is 10.1. The van der Waals surface area contributed by atoms with Crippen LogP contribution in [0.1, 0.15) is 28.5 Å². The predicted molar refractivity (Wildman–Crippen MR) is 88.8 cm³/mol. The van der Waals surface area contributed by atoms with Gasteiger partial charge in [-0.15, -0.1) is 0 Å². The number of hydrogen-bond acceptors (Lipinski definition) is 5. The van der Waals surface area contributed by atoms with Gasteiger partial charge >= 0.3 is 5.97 Å². The molecule has 23 heavy (non-hydrogen) atoms. The molecule has 118 valence electrons. The van der Waals surface area contributed by atoms with Gasteiger partial charge in [0.2, 0.25) is 0 Å². The van der Waals surface area contributed by atoms with E-state index in [4.69, 9.17) is 4.74 Å². The molecule has 0 unspecified atom stereocenters. The first kappa shape index (κ1) is 14.8. The van der Waals surface area contributed by atoms with Gasteiger partial charge in [0, 0.05) is 28.4 Å². The van der Waals surface area contributed by atoms with E-state index in [9.17, 15) is 4.79 Å². The molecule has 3 rings (SSSR count). The Morgan fingerprint density at radius 1 is 1.43 bits per heavy atom. The molecule has 0 bridgehead atoms. The van der Waals surface area contributed by atoms with Crippen molar-refractivity contribution in [3.8, 4) is 0 Å². The van der Waals surface area contributed by atoms with Crippen LogP contribution in [-0.4, -0.2) is 34.0 Å².